The summed E-state index contributed by atoms with van der Waals surface area (Å²) in [7, 11) is 0. The van der Waals surface area contributed by atoms with Gasteiger partial charge in [0.15, 0.2) is 5.78 Å². The third kappa shape index (κ3) is 1.91. The van der Waals surface area contributed by atoms with E-state index in [1.165, 1.54) is 0 Å². The molecule has 1 fully saturated rings. The number of anilines is 1. The summed E-state index contributed by atoms with van der Waals surface area (Å²) in [5.41, 5.74) is 8.87. The number of pyridine rings is 1. The molecule has 1 aliphatic rings. The molecule has 1 aromatic heterocycles. The number of nitrogen functional groups attached to an aromatic ring is 1. The molecule has 3 nitrogen and oxygen atoms in total. The molecule has 0 unspecified atom stereocenters. The van der Waals surface area contributed by atoms with Gasteiger partial charge in [-0.3, -0.25) is 9.78 Å². The zero-order chi connectivity index (χ0) is 13.5. The predicted molar refractivity (Wildman–Crippen MR) is 75.1 cm³/mol. The molecule has 0 atom stereocenters. The third-order valence-electron chi connectivity index (χ3n) is 3.93. The Morgan fingerprint density at radius 1 is 1.21 bits per heavy atom. The normalized spacial score (nSPS) is 16.1. The molecule has 1 aliphatic carbocycles. The molecule has 3 heteroatoms. The largest absolute Gasteiger partial charge is 0.399 e. The van der Waals surface area contributed by atoms with Gasteiger partial charge in [0.1, 0.15) is 0 Å². The van der Waals surface area contributed by atoms with Crippen LogP contribution in [0, 0.1) is 6.92 Å². The average Bonchev–Trinajstić information content (AvgIpc) is 3.21. The van der Waals surface area contributed by atoms with Gasteiger partial charge in [0.2, 0.25) is 0 Å². The number of carbonyl (C=O) groups is 1. The zero-order valence-electron chi connectivity index (χ0n) is 10.9. The first kappa shape index (κ1) is 11.9. The SMILES string of the molecule is Cc1ccncc1C(=O)C1(c2ccc(N)cc2)CC1. The zero-order valence-corrected chi connectivity index (χ0v) is 10.9. The molecule has 0 aliphatic heterocycles. The van der Waals surface area contributed by atoms with Crippen LogP contribution in [0.1, 0.15) is 34.3 Å². The van der Waals surface area contributed by atoms with Crippen LogP contribution in [-0.4, -0.2) is 10.8 Å². The Morgan fingerprint density at radius 2 is 1.89 bits per heavy atom. The van der Waals surface area contributed by atoms with Gasteiger partial charge in [-0.1, -0.05) is 12.1 Å². The van der Waals surface area contributed by atoms with Gasteiger partial charge in [0.25, 0.3) is 0 Å². The number of benzene rings is 1. The van der Waals surface area contributed by atoms with Crippen molar-refractivity contribution in [3.63, 3.8) is 0 Å². The Morgan fingerprint density at radius 3 is 2.47 bits per heavy atom. The van der Waals surface area contributed by atoms with Crippen molar-refractivity contribution in [3.05, 3.63) is 59.4 Å². The summed E-state index contributed by atoms with van der Waals surface area (Å²) in [5.74, 6) is 0.183. The number of ketones is 1. The molecular weight excluding hydrogens is 236 g/mol. The second-order valence-corrected chi connectivity index (χ2v) is 5.22. The Hall–Kier alpha value is -2.16. The molecule has 1 heterocycles. The van der Waals surface area contributed by atoms with Crippen LogP contribution in [0.4, 0.5) is 5.69 Å². The number of carbonyl (C=O) groups excluding carboxylic acids is 1. The summed E-state index contributed by atoms with van der Waals surface area (Å²) in [4.78, 5) is 16.8. The van der Waals surface area contributed by atoms with E-state index >= 15 is 0 Å². The minimum Gasteiger partial charge on any atom is -0.399 e. The van der Waals surface area contributed by atoms with E-state index in [-0.39, 0.29) is 11.2 Å². The smallest absolute Gasteiger partial charge is 0.175 e. The summed E-state index contributed by atoms with van der Waals surface area (Å²) < 4.78 is 0. The van der Waals surface area contributed by atoms with Crippen molar-refractivity contribution in [1.82, 2.24) is 4.98 Å². The fourth-order valence-corrected chi connectivity index (χ4v) is 2.53. The number of aromatic nitrogens is 1. The maximum Gasteiger partial charge on any atom is 0.175 e. The highest BCUT2D eigenvalue weighted by Gasteiger charge is 2.51. The first-order valence-corrected chi connectivity index (χ1v) is 6.45. The second-order valence-electron chi connectivity index (χ2n) is 5.22. The van der Waals surface area contributed by atoms with Crippen molar-refractivity contribution in [2.75, 3.05) is 5.73 Å². The van der Waals surface area contributed by atoms with E-state index in [0.29, 0.717) is 0 Å². The van der Waals surface area contributed by atoms with Crippen molar-refractivity contribution >= 4 is 11.5 Å². The summed E-state index contributed by atoms with van der Waals surface area (Å²) in [6.45, 7) is 1.95. The lowest BCUT2D eigenvalue weighted by atomic mass is 9.86. The van der Waals surface area contributed by atoms with Crippen molar-refractivity contribution in [2.45, 2.75) is 25.2 Å². The summed E-state index contributed by atoms with van der Waals surface area (Å²) in [6, 6.07) is 9.53. The molecule has 0 spiro atoms. The summed E-state index contributed by atoms with van der Waals surface area (Å²) in [6.07, 6.45) is 5.21. The molecule has 0 radical (unpaired) electrons. The highest BCUT2D eigenvalue weighted by molar-refractivity contribution is 6.06. The number of Topliss-reactive ketones (excluding diaryl/α,β-unsaturated/α-hetero) is 1. The molecular formula is C16H16N2O. The number of nitrogens with zero attached hydrogens (tertiary/aromatic N) is 1. The van der Waals surface area contributed by atoms with Gasteiger partial charge in [-0.05, 0) is 49.1 Å². The average molecular weight is 252 g/mol. The maximum absolute atomic E-state index is 12.8. The van der Waals surface area contributed by atoms with Crippen molar-refractivity contribution in [2.24, 2.45) is 0 Å². The number of hydrogen-bond acceptors (Lipinski definition) is 3. The van der Waals surface area contributed by atoms with Gasteiger partial charge >= 0.3 is 0 Å². The molecule has 96 valence electrons. The monoisotopic (exact) mass is 252 g/mol. The molecule has 1 saturated carbocycles. The van der Waals surface area contributed by atoms with Gasteiger partial charge in [-0.25, -0.2) is 0 Å². The minimum absolute atomic E-state index is 0.183. The van der Waals surface area contributed by atoms with Crippen LogP contribution < -0.4 is 5.73 Å². The molecule has 0 amide bonds. The lowest BCUT2D eigenvalue weighted by Crippen LogP contribution is -2.21. The van der Waals surface area contributed by atoms with Gasteiger partial charge < -0.3 is 5.73 Å². The van der Waals surface area contributed by atoms with Crippen molar-refractivity contribution in [3.8, 4) is 0 Å². The van der Waals surface area contributed by atoms with Crippen molar-refractivity contribution in [1.29, 1.82) is 0 Å². The Kier molecular flexibility index (Phi) is 2.63. The van der Waals surface area contributed by atoms with Gasteiger partial charge in [0, 0.05) is 23.6 Å². The Bertz CT molecular complexity index is 627. The second kappa shape index (κ2) is 4.19. The maximum atomic E-state index is 12.8. The van der Waals surface area contributed by atoms with E-state index in [0.717, 1.165) is 35.2 Å². The molecule has 19 heavy (non-hydrogen) atoms. The van der Waals surface area contributed by atoms with Gasteiger partial charge in [0.05, 0.1) is 5.41 Å². The highest BCUT2D eigenvalue weighted by atomic mass is 16.1. The number of rotatable bonds is 3. The topological polar surface area (TPSA) is 56.0 Å². The lowest BCUT2D eigenvalue weighted by molar-refractivity contribution is 0.0945. The van der Waals surface area contributed by atoms with Crippen LogP contribution in [0.15, 0.2) is 42.7 Å². The summed E-state index contributed by atoms with van der Waals surface area (Å²) in [5, 5.41) is 0. The van der Waals surface area contributed by atoms with Gasteiger partial charge in [-0.2, -0.15) is 0 Å². The Balaban J connectivity index is 2.00. The lowest BCUT2D eigenvalue weighted by Gasteiger charge is -2.16. The minimum atomic E-state index is -0.346. The third-order valence-corrected chi connectivity index (χ3v) is 3.93. The Labute approximate surface area is 112 Å². The number of hydrogen-bond donors (Lipinski definition) is 1. The van der Waals surface area contributed by atoms with Crippen LogP contribution in [0.2, 0.25) is 0 Å². The first-order valence-electron chi connectivity index (χ1n) is 6.45. The quantitative estimate of drug-likeness (QED) is 0.675. The molecule has 0 bridgehead atoms. The number of nitrogens with two attached hydrogens (primary N) is 1. The summed E-state index contributed by atoms with van der Waals surface area (Å²) >= 11 is 0. The van der Waals surface area contributed by atoms with E-state index in [1.54, 1.807) is 12.4 Å². The van der Waals surface area contributed by atoms with Crippen LogP contribution in [0.5, 0.6) is 0 Å². The molecule has 3 rings (SSSR count). The van der Waals surface area contributed by atoms with E-state index in [9.17, 15) is 4.79 Å². The highest BCUT2D eigenvalue weighted by Crippen LogP contribution is 2.50. The molecule has 0 saturated heterocycles. The first-order chi connectivity index (χ1) is 9.13. The van der Waals surface area contributed by atoms with Crippen LogP contribution in [0.3, 0.4) is 0 Å². The van der Waals surface area contributed by atoms with Crippen LogP contribution in [0.25, 0.3) is 0 Å². The van der Waals surface area contributed by atoms with Crippen molar-refractivity contribution < 1.29 is 4.79 Å². The fourth-order valence-electron chi connectivity index (χ4n) is 2.53. The molecule has 2 aromatic rings. The van der Waals surface area contributed by atoms with Gasteiger partial charge in [-0.15, -0.1) is 0 Å². The van der Waals surface area contributed by atoms with Crippen LogP contribution in [-0.2, 0) is 5.41 Å². The van der Waals surface area contributed by atoms with E-state index in [4.69, 9.17) is 5.73 Å². The van der Waals surface area contributed by atoms with E-state index in [2.05, 4.69) is 4.98 Å². The number of aryl methyl sites for hydroxylation is 1. The van der Waals surface area contributed by atoms with E-state index in [1.807, 2.05) is 37.3 Å². The van der Waals surface area contributed by atoms with E-state index < -0.39 is 0 Å². The molecule has 1 aromatic carbocycles. The molecule has 2 N–H and O–H groups in total. The van der Waals surface area contributed by atoms with Crippen LogP contribution >= 0.6 is 0 Å². The fraction of sp³-hybridized carbons (Fsp3) is 0.250. The predicted octanol–water partition coefficient (Wildman–Crippen LogP) is 2.89. The standard InChI is InChI=1S/C16H16N2O/c1-11-6-9-18-10-14(11)15(19)16(7-8-16)12-2-4-13(17)5-3-12/h2-6,9-10H,7-8,17H2,1H3.